The number of carbonyl (C=O) groups excluding carboxylic acids is 1. The summed E-state index contributed by atoms with van der Waals surface area (Å²) in [6.45, 7) is 1.88. The Labute approximate surface area is 170 Å². The Hall–Kier alpha value is -2.63. The summed E-state index contributed by atoms with van der Waals surface area (Å²) in [6, 6.07) is 22.0. The second-order valence-electron chi connectivity index (χ2n) is 6.52. The van der Waals surface area contributed by atoms with E-state index in [1.165, 1.54) is 0 Å². The molecule has 0 bridgehead atoms. The largest absolute Gasteiger partial charge is 0.346 e. The molecule has 0 aliphatic heterocycles. The van der Waals surface area contributed by atoms with Crippen LogP contribution in [0.2, 0.25) is 5.02 Å². The van der Waals surface area contributed by atoms with Crippen LogP contribution < -0.4 is 5.32 Å². The maximum atomic E-state index is 12.5. The fraction of sp³-hybridized carbons (Fsp3) is 0.136. The first kappa shape index (κ1) is 20.1. The van der Waals surface area contributed by atoms with E-state index in [2.05, 4.69) is 5.32 Å². The summed E-state index contributed by atoms with van der Waals surface area (Å²) in [5, 5.41) is 3.53. The molecule has 3 rings (SSSR count). The number of rotatable bonds is 6. The molecule has 144 valence electrons. The fourth-order valence-electron chi connectivity index (χ4n) is 2.82. The second-order valence-corrected chi connectivity index (χ2v) is 8.95. The molecule has 0 aliphatic rings. The van der Waals surface area contributed by atoms with Crippen molar-refractivity contribution < 1.29 is 13.2 Å². The molecule has 0 fully saturated rings. The third kappa shape index (κ3) is 5.00. The maximum Gasteiger partial charge on any atom is 0.251 e. The van der Waals surface area contributed by atoms with Gasteiger partial charge in [0.15, 0.2) is 9.84 Å². The highest BCUT2D eigenvalue weighted by atomic mass is 35.5. The number of hydrogen-bond acceptors (Lipinski definition) is 3. The van der Waals surface area contributed by atoms with Gasteiger partial charge in [-0.15, -0.1) is 0 Å². The third-order valence-corrected chi connectivity index (χ3v) is 6.31. The molecule has 0 saturated heterocycles. The molecular weight excluding hydrogens is 394 g/mol. The van der Waals surface area contributed by atoms with Gasteiger partial charge in [-0.2, -0.15) is 0 Å². The minimum Gasteiger partial charge on any atom is -0.346 e. The van der Waals surface area contributed by atoms with Crippen LogP contribution in [0, 0.1) is 0 Å². The van der Waals surface area contributed by atoms with Gasteiger partial charge in [0.05, 0.1) is 16.7 Å². The Balaban J connectivity index is 1.67. The maximum absolute atomic E-state index is 12.5. The molecule has 3 aromatic carbocycles. The molecule has 0 aromatic heterocycles. The van der Waals surface area contributed by atoms with E-state index in [9.17, 15) is 13.2 Å². The zero-order chi connectivity index (χ0) is 20.1. The van der Waals surface area contributed by atoms with Crippen molar-refractivity contribution in [2.45, 2.75) is 23.6 Å². The normalized spacial score (nSPS) is 12.4. The van der Waals surface area contributed by atoms with Crippen LogP contribution in [0.1, 0.15) is 34.5 Å². The van der Waals surface area contributed by atoms with Crippen molar-refractivity contribution in [3.63, 3.8) is 0 Å². The van der Waals surface area contributed by atoms with Crippen LogP contribution >= 0.6 is 11.6 Å². The number of nitrogens with one attached hydrogen (secondary N) is 1. The van der Waals surface area contributed by atoms with Gasteiger partial charge in [-0.1, -0.05) is 54.1 Å². The zero-order valence-electron chi connectivity index (χ0n) is 15.3. The first-order chi connectivity index (χ1) is 13.3. The number of benzene rings is 3. The summed E-state index contributed by atoms with van der Waals surface area (Å²) >= 11 is 6.00. The van der Waals surface area contributed by atoms with Crippen molar-refractivity contribution in [3.8, 4) is 0 Å². The smallest absolute Gasteiger partial charge is 0.251 e. The quantitative estimate of drug-likeness (QED) is 0.631. The number of amides is 1. The summed E-state index contributed by atoms with van der Waals surface area (Å²) in [7, 11) is -3.42. The van der Waals surface area contributed by atoms with E-state index in [1.807, 2.05) is 25.1 Å². The standard InChI is InChI=1S/C22H20ClNO3S/c1-16(19-6-5-7-20(23)14-19)24-22(25)18-12-10-17(11-13-18)15-28(26,27)21-8-3-2-4-9-21/h2-14,16H,15H2,1H3,(H,24,25). The van der Waals surface area contributed by atoms with E-state index >= 15 is 0 Å². The monoisotopic (exact) mass is 413 g/mol. The van der Waals surface area contributed by atoms with Crippen LogP contribution in [0.25, 0.3) is 0 Å². The molecule has 0 saturated carbocycles. The summed E-state index contributed by atoms with van der Waals surface area (Å²) in [4.78, 5) is 12.8. The van der Waals surface area contributed by atoms with Crippen LogP contribution in [-0.2, 0) is 15.6 Å². The zero-order valence-corrected chi connectivity index (χ0v) is 16.9. The molecule has 3 aromatic rings. The average molecular weight is 414 g/mol. The van der Waals surface area contributed by atoms with Gasteiger partial charge in [0.2, 0.25) is 0 Å². The summed E-state index contributed by atoms with van der Waals surface area (Å²) < 4.78 is 24.9. The molecule has 0 aliphatic carbocycles. The number of hydrogen-bond donors (Lipinski definition) is 1. The summed E-state index contributed by atoms with van der Waals surface area (Å²) in [5.74, 6) is -0.345. The fourth-order valence-corrected chi connectivity index (χ4v) is 4.39. The predicted molar refractivity (Wildman–Crippen MR) is 111 cm³/mol. The SMILES string of the molecule is CC(NC(=O)c1ccc(CS(=O)(=O)c2ccccc2)cc1)c1cccc(Cl)c1. The lowest BCUT2D eigenvalue weighted by atomic mass is 10.1. The van der Waals surface area contributed by atoms with E-state index in [-0.39, 0.29) is 22.6 Å². The van der Waals surface area contributed by atoms with E-state index in [0.29, 0.717) is 16.1 Å². The first-order valence-corrected chi connectivity index (χ1v) is 10.8. The number of halogens is 1. The van der Waals surface area contributed by atoms with Crippen molar-refractivity contribution in [1.29, 1.82) is 0 Å². The lowest BCUT2D eigenvalue weighted by Crippen LogP contribution is -2.26. The molecule has 0 radical (unpaired) electrons. The molecule has 6 heteroatoms. The first-order valence-electron chi connectivity index (χ1n) is 8.78. The summed E-state index contributed by atoms with van der Waals surface area (Å²) in [6.07, 6.45) is 0. The van der Waals surface area contributed by atoms with Crippen molar-refractivity contribution >= 4 is 27.3 Å². The van der Waals surface area contributed by atoms with E-state index < -0.39 is 9.84 Å². The number of carbonyl (C=O) groups is 1. The predicted octanol–water partition coefficient (Wildman–Crippen LogP) is 4.80. The Bertz CT molecular complexity index is 1060. The molecule has 1 atom stereocenters. The molecule has 4 nitrogen and oxygen atoms in total. The lowest BCUT2D eigenvalue weighted by molar-refractivity contribution is 0.0940. The van der Waals surface area contributed by atoms with E-state index in [0.717, 1.165) is 5.56 Å². The average Bonchev–Trinajstić information content (AvgIpc) is 2.69. The summed E-state index contributed by atoms with van der Waals surface area (Å²) in [5.41, 5.74) is 2.00. The Kier molecular flexibility index (Phi) is 6.17. The Morgan fingerprint density at radius 1 is 0.964 bits per heavy atom. The highest BCUT2D eigenvalue weighted by molar-refractivity contribution is 7.90. The lowest BCUT2D eigenvalue weighted by Gasteiger charge is -2.15. The molecular formula is C22H20ClNO3S. The van der Waals surface area contributed by atoms with E-state index in [4.69, 9.17) is 11.6 Å². The van der Waals surface area contributed by atoms with Gasteiger partial charge in [-0.05, 0) is 54.4 Å². The van der Waals surface area contributed by atoms with Gasteiger partial charge < -0.3 is 5.32 Å². The molecule has 1 N–H and O–H groups in total. The van der Waals surface area contributed by atoms with Crippen LogP contribution in [0.3, 0.4) is 0 Å². The van der Waals surface area contributed by atoms with Gasteiger partial charge in [-0.3, -0.25) is 4.79 Å². The minimum absolute atomic E-state index is 0.113. The molecule has 0 spiro atoms. The Morgan fingerprint density at radius 2 is 1.64 bits per heavy atom. The molecule has 1 unspecified atom stereocenters. The van der Waals surface area contributed by atoms with Gasteiger partial charge in [0.1, 0.15) is 0 Å². The van der Waals surface area contributed by atoms with Crippen molar-refractivity contribution in [3.05, 3.63) is 101 Å². The van der Waals surface area contributed by atoms with Crippen LogP contribution in [0.15, 0.2) is 83.8 Å². The van der Waals surface area contributed by atoms with Crippen LogP contribution in [0.4, 0.5) is 0 Å². The van der Waals surface area contributed by atoms with Gasteiger partial charge >= 0.3 is 0 Å². The van der Waals surface area contributed by atoms with Gasteiger partial charge in [-0.25, -0.2) is 8.42 Å². The van der Waals surface area contributed by atoms with E-state index in [1.54, 1.807) is 60.7 Å². The third-order valence-electron chi connectivity index (χ3n) is 4.37. The van der Waals surface area contributed by atoms with Crippen molar-refractivity contribution in [1.82, 2.24) is 5.32 Å². The highest BCUT2D eigenvalue weighted by Crippen LogP contribution is 2.19. The van der Waals surface area contributed by atoms with Crippen molar-refractivity contribution in [2.24, 2.45) is 0 Å². The van der Waals surface area contributed by atoms with Crippen molar-refractivity contribution in [2.75, 3.05) is 0 Å². The topological polar surface area (TPSA) is 63.2 Å². The Morgan fingerprint density at radius 3 is 2.29 bits per heavy atom. The van der Waals surface area contributed by atoms with Crippen LogP contribution in [-0.4, -0.2) is 14.3 Å². The number of sulfone groups is 1. The molecule has 28 heavy (non-hydrogen) atoms. The molecule has 0 heterocycles. The van der Waals surface area contributed by atoms with Gasteiger partial charge in [0.25, 0.3) is 5.91 Å². The minimum atomic E-state index is -3.42. The van der Waals surface area contributed by atoms with Gasteiger partial charge in [0, 0.05) is 10.6 Å². The second kappa shape index (κ2) is 8.59. The highest BCUT2D eigenvalue weighted by Gasteiger charge is 2.16. The van der Waals surface area contributed by atoms with Crippen LogP contribution in [0.5, 0.6) is 0 Å². The molecule has 1 amide bonds.